The van der Waals surface area contributed by atoms with Crippen LogP contribution in [-0.4, -0.2) is 22.3 Å². The monoisotopic (exact) mass is 288 g/mol. The quantitative estimate of drug-likeness (QED) is 0.796. The number of hydrogen-bond donors (Lipinski definition) is 0. The molecule has 1 rings (SSSR count). The van der Waals surface area contributed by atoms with E-state index in [9.17, 15) is 0 Å². The Morgan fingerprint density at radius 3 is 1.93 bits per heavy atom. The van der Waals surface area contributed by atoms with Crippen LogP contribution in [0.4, 0.5) is 0 Å². The standard InChI is InChI=1S/C11H17BrO2Si/c1-13-10-8(12)6-7-9(11(10)14-2)15(3,4)5/h6-7H,1-5H3. The summed E-state index contributed by atoms with van der Waals surface area (Å²) in [4.78, 5) is 0. The van der Waals surface area contributed by atoms with Gasteiger partial charge in [0.05, 0.1) is 26.8 Å². The summed E-state index contributed by atoms with van der Waals surface area (Å²) < 4.78 is 11.7. The van der Waals surface area contributed by atoms with Gasteiger partial charge >= 0.3 is 0 Å². The third kappa shape index (κ3) is 2.55. The minimum atomic E-state index is -1.40. The summed E-state index contributed by atoms with van der Waals surface area (Å²) in [5, 5.41) is 1.28. The van der Waals surface area contributed by atoms with Gasteiger partial charge in [-0.05, 0) is 27.2 Å². The summed E-state index contributed by atoms with van der Waals surface area (Å²) in [5.74, 6) is 1.66. The zero-order valence-corrected chi connectivity index (χ0v) is 12.4. The first-order chi connectivity index (χ1) is 6.91. The van der Waals surface area contributed by atoms with Crippen LogP contribution in [0.2, 0.25) is 19.6 Å². The molecule has 0 amide bonds. The minimum Gasteiger partial charge on any atom is -0.493 e. The molecule has 0 atom stereocenters. The van der Waals surface area contributed by atoms with E-state index in [1.54, 1.807) is 14.2 Å². The maximum absolute atomic E-state index is 5.45. The second-order valence-electron chi connectivity index (χ2n) is 4.41. The highest BCUT2D eigenvalue weighted by molar-refractivity contribution is 9.10. The molecule has 0 saturated carbocycles. The molecule has 0 radical (unpaired) electrons. The van der Waals surface area contributed by atoms with Crippen molar-refractivity contribution in [3.63, 3.8) is 0 Å². The predicted octanol–water partition coefficient (Wildman–Crippen LogP) is 3.01. The molecule has 0 heterocycles. The van der Waals surface area contributed by atoms with Crippen LogP contribution < -0.4 is 14.7 Å². The van der Waals surface area contributed by atoms with Crippen LogP contribution in [0, 0.1) is 0 Å². The third-order valence-electron chi connectivity index (χ3n) is 2.28. The fourth-order valence-electron chi connectivity index (χ4n) is 1.52. The van der Waals surface area contributed by atoms with Gasteiger partial charge in [-0.3, -0.25) is 0 Å². The van der Waals surface area contributed by atoms with Crippen LogP contribution in [0.3, 0.4) is 0 Å². The first-order valence-electron chi connectivity index (χ1n) is 4.82. The Morgan fingerprint density at radius 2 is 1.53 bits per heavy atom. The van der Waals surface area contributed by atoms with Gasteiger partial charge in [-0.25, -0.2) is 0 Å². The molecule has 0 aliphatic heterocycles. The molecule has 0 bridgehead atoms. The van der Waals surface area contributed by atoms with Gasteiger partial charge in [0, 0.05) is 0 Å². The van der Waals surface area contributed by atoms with Crippen LogP contribution in [0.25, 0.3) is 0 Å². The van der Waals surface area contributed by atoms with E-state index < -0.39 is 8.07 Å². The van der Waals surface area contributed by atoms with Gasteiger partial charge in [-0.2, -0.15) is 0 Å². The summed E-state index contributed by atoms with van der Waals surface area (Å²) >= 11 is 3.46. The van der Waals surface area contributed by atoms with Gasteiger partial charge in [0.25, 0.3) is 0 Å². The Morgan fingerprint density at radius 1 is 1.00 bits per heavy atom. The molecule has 0 N–H and O–H groups in total. The van der Waals surface area contributed by atoms with Crippen molar-refractivity contribution in [3.8, 4) is 11.5 Å². The molecule has 1 aromatic rings. The molecule has 1 aromatic carbocycles. The smallest absolute Gasteiger partial charge is 0.174 e. The normalized spacial score (nSPS) is 11.3. The zero-order chi connectivity index (χ0) is 11.6. The van der Waals surface area contributed by atoms with Crippen LogP contribution in [0.1, 0.15) is 0 Å². The molecule has 0 aromatic heterocycles. The number of rotatable bonds is 3. The van der Waals surface area contributed by atoms with Crippen molar-refractivity contribution in [2.24, 2.45) is 0 Å². The molecule has 0 spiro atoms. The maximum Gasteiger partial charge on any atom is 0.174 e. The minimum absolute atomic E-state index is 0.789. The van der Waals surface area contributed by atoms with E-state index >= 15 is 0 Å². The van der Waals surface area contributed by atoms with Crippen LogP contribution >= 0.6 is 15.9 Å². The van der Waals surface area contributed by atoms with E-state index in [2.05, 4.69) is 41.6 Å². The Hall–Kier alpha value is -0.483. The third-order valence-corrected chi connectivity index (χ3v) is 4.91. The van der Waals surface area contributed by atoms with Gasteiger partial charge in [-0.15, -0.1) is 0 Å². The fraction of sp³-hybridized carbons (Fsp3) is 0.455. The Labute approximate surface area is 101 Å². The summed E-state index contributed by atoms with van der Waals surface area (Å²) in [5.41, 5.74) is 0. The Balaban J connectivity index is 3.42. The Kier molecular flexibility index (Phi) is 3.84. The lowest BCUT2D eigenvalue weighted by Gasteiger charge is -2.22. The van der Waals surface area contributed by atoms with Crippen molar-refractivity contribution >= 4 is 29.2 Å². The fourth-order valence-corrected chi connectivity index (χ4v) is 3.48. The van der Waals surface area contributed by atoms with Gasteiger partial charge in [0.2, 0.25) is 0 Å². The zero-order valence-electron chi connectivity index (χ0n) is 9.85. The van der Waals surface area contributed by atoms with Gasteiger partial charge < -0.3 is 9.47 Å². The lowest BCUT2D eigenvalue weighted by atomic mass is 10.3. The van der Waals surface area contributed by atoms with Crippen molar-refractivity contribution in [1.82, 2.24) is 0 Å². The largest absolute Gasteiger partial charge is 0.493 e. The van der Waals surface area contributed by atoms with E-state index in [0.29, 0.717) is 0 Å². The average molecular weight is 289 g/mol. The summed E-state index contributed by atoms with van der Waals surface area (Å²) in [6.07, 6.45) is 0. The van der Waals surface area contributed by atoms with Gasteiger partial charge in [-0.1, -0.05) is 25.7 Å². The number of ether oxygens (including phenoxy) is 2. The highest BCUT2D eigenvalue weighted by Crippen LogP contribution is 2.34. The molecular formula is C11H17BrO2Si. The van der Waals surface area contributed by atoms with Crippen molar-refractivity contribution in [1.29, 1.82) is 0 Å². The van der Waals surface area contributed by atoms with Gasteiger partial charge in [0.1, 0.15) is 0 Å². The van der Waals surface area contributed by atoms with Crippen LogP contribution in [-0.2, 0) is 0 Å². The van der Waals surface area contributed by atoms with Crippen molar-refractivity contribution < 1.29 is 9.47 Å². The summed E-state index contributed by atoms with van der Waals surface area (Å²) in [6, 6.07) is 4.15. The van der Waals surface area contributed by atoms with Crippen molar-refractivity contribution in [3.05, 3.63) is 16.6 Å². The molecule has 0 aliphatic carbocycles. The second kappa shape index (κ2) is 4.57. The molecule has 2 nitrogen and oxygen atoms in total. The number of halogens is 1. The van der Waals surface area contributed by atoms with E-state index in [0.717, 1.165) is 16.0 Å². The van der Waals surface area contributed by atoms with E-state index in [-0.39, 0.29) is 0 Å². The van der Waals surface area contributed by atoms with E-state index in [4.69, 9.17) is 9.47 Å². The van der Waals surface area contributed by atoms with E-state index in [1.807, 2.05) is 6.07 Å². The lowest BCUT2D eigenvalue weighted by Crippen LogP contribution is -2.38. The molecule has 4 heteroatoms. The summed E-state index contributed by atoms with van der Waals surface area (Å²) in [7, 11) is 1.96. The van der Waals surface area contributed by atoms with Crippen molar-refractivity contribution in [2.75, 3.05) is 14.2 Å². The highest BCUT2D eigenvalue weighted by atomic mass is 79.9. The van der Waals surface area contributed by atoms with E-state index in [1.165, 1.54) is 5.19 Å². The maximum atomic E-state index is 5.45. The number of methoxy groups -OCH3 is 2. The molecule has 0 unspecified atom stereocenters. The molecule has 0 fully saturated rings. The van der Waals surface area contributed by atoms with Gasteiger partial charge in [0.15, 0.2) is 11.5 Å². The number of benzene rings is 1. The molecule has 84 valence electrons. The molecule has 0 saturated heterocycles. The first-order valence-corrected chi connectivity index (χ1v) is 9.12. The lowest BCUT2D eigenvalue weighted by molar-refractivity contribution is 0.355. The summed E-state index contributed by atoms with van der Waals surface area (Å²) in [6.45, 7) is 6.87. The number of hydrogen-bond acceptors (Lipinski definition) is 2. The van der Waals surface area contributed by atoms with Crippen LogP contribution in [0.5, 0.6) is 11.5 Å². The predicted molar refractivity (Wildman–Crippen MR) is 70.2 cm³/mol. The second-order valence-corrected chi connectivity index (χ2v) is 10.3. The topological polar surface area (TPSA) is 18.5 Å². The first kappa shape index (κ1) is 12.6. The van der Waals surface area contributed by atoms with Crippen LogP contribution in [0.15, 0.2) is 16.6 Å². The Bertz CT molecular complexity index is 358. The average Bonchev–Trinajstić information content (AvgIpc) is 2.15. The molecule has 15 heavy (non-hydrogen) atoms. The SMILES string of the molecule is COc1c(Br)ccc([Si](C)(C)C)c1OC. The molecular weight excluding hydrogens is 272 g/mol. The molecule has 0 aliphatic rings. The highest BCUT2D eigenvalue weighted by Gasteiger charge is 2.24. The van der Waals surface area contributed by atoms with Crippen molar-refractivity contribution in [2.45, 2.75) is 19.6 Å².